The number of sulfonamides is 1. The third kappa shape index (κ3) is 1.62. The van der Waals surface area contributed by atoms with Gasteiger partial charge in [0.05, 0.1) is 12.0 Å². The fourth-order valence-electron chi connectivity index (χ4n) is 3.43. The average Bonchev–Trinajstić information content (AvgIpc) is 3.04. The molecule has 4 rings (SSSR count). The van der Waals surface area contributed by atoms with Crippen LogP contribution in [0.1, 0.15) is 24.8 Å². The van der Waals surface area contributed by atoms with Crippen LogP contribution in [-0.4, -0.2) is 15.0 Å². The summed E-state index contributed by atoms with van der Waals surface area (Å²) < 4.78 is 46.0. The highest BCUT2D eigenvalue weighted by Crippen LogP contribution is 2.54. The van der Waals surface area contributed by atoms with E-state index in [1.807, 2.05) is 0 Å². The topological polar surface area (TPSA) is 50.5 Å². The summed E-state index contributed by atoms with van der Waals surface area (Å²) >= 11 is 0. The molecule has 1 spiro atoms. The number of halogens is 1. The zero-order chi connectivity index (χ0) is 14.7. The van der Waals surface area contributed by atoms with Crippen LogP contribution in [0, 0.1) is 5.82 Å². The number of rotatable bonds is 2. The summed E-state index contributed by atoms with van der Waals surface area (Å²) in [5.74, 6) is -0.315. The highest BCUT2D eigenvalue weighted by Gasteiger charge is 2.52. The van der Waals surface area contributed by atoms with Crippen LogP contribution in [0.15, 0.2) is 46.1 Å². The lowest BCUT2D eigenvalue weighted by atomic mass is 9.65. The first-order valence-corrected chi connectivity index (χ1v) is 8.34. The molecular formula is C15H14FNO3S. The Labute approximate surface area is 122 Å². The van der Waals surface area contributed by atoms with Crippen molar-refractivity contribution in [3.8, 4) is 0 Å². The highest BCUT2D eigenvalue weighted by atomic mass is 32.2. The first-order valence-electron chi connectivity index (χ1n) is 6.90. The molecule has 21 heavy (non-hydrogen) atoms. The van der Waals surface area contributed by atoms with Crippen LogP contribution in [0.2, 0.25) is 0 Å². The Balaban J connectivity index is 1.89. The summed E-state index contributed by atoms with van der Waals surface area (Å²) in [6.45, 7) is 0.298. The van der Waals surface area contributed by atoms with E-state index >= 15 is 0 Å². The average molecular weight is 307 g/mol. The Bertz CT molecular complexity index is 794. The molecule has 1 aliphatic carbocycles. The lowest BCUT2D eigenvalue weighted by molar-refractivity contribution is 0.260. The van der Waals surface area contributed by atoms with Crippen molar-refractivity contribution in [2.45, 2.75) is 29.8 Å². The first kappa shape index (κ1) is 12.9. The van der Waals surface area contributed by atoms with Gasteiger partial charge in [-0.05, 0) is 37.1 Å². The van der Waals surface area contributed by atoms with Gasteiger partial charge in [0.15, 0.2) is 0 Å². The third-order valence-electron chi connectivity index (χ3n) is 4.59. The maximum atomic E-state index is 14.3. The van der Waals surface area contributed by atoms with Crippen molar-refractivity contribution in [1.29, 1.82) is 0 Å². The van der Waals surface area contributed by atoms with Crippen molar-refractivity contribution in [3.63, 3.8) is 0 Å². The fraction of sp³-hybridized carbons (Fsp3) is 0.333. The number of fused-ring (bicyclic) bond motifs is 2. The minimum absolute atomic E-state index is 0.103. The van der Waals surface area contributed by atoms with Crippen LogP contribution < -0.4 is 4.31 Å². The summed E-state index contributed by atoms with van der Waals surface area (Å²) in [4.78, 5) is 0. The molecule has 1 aromatic carbocycles. The molecular weight excluding hydrogens is 293 g/mol. The molecule has 0 atom stereocenters. The van der Waals surface area contributed by atoms with Gasteiger partial charge in [-0.25, -0.2) is 4.39 Å². The molecule has 1 fully saturated rings. The summed E-state index contributed by atoms with van der Waals surface area (Å²) in [5, 5.41) is -0.103. The standard InChI is InChI=1S/C15H14FNO3S/c16-11-4-1-5-12-14(11)15(7-3-8-15)10-17(12)21(18,19)13-6-2-9-20-13/h1-2,4-6,9H,3,7-8,10H2. The second-order valence-electron chi connectivity index (χ2n) is 5.71. The van der Waals surface area contributed by atoms with Gasteiger partial charge in [-0.3, -0.25) is 4.31 Å². The number of nitrogens with zero attached hydrogens (tertiary/aromatic N) is 1. The monoisotopic (exact) mass is 307 g/mol. The molecule has 6 heteroatoms. The third-order valence-corrected chi connectivity index (χ3v) is 6.23. The maximum absolute atomic E-state index is 14.3. The molecule has 2 heterocycles. The molecule has 0 N–H and O–H groups in total. The van der Waals surface area contributed by atoms with E-state index in [0.717, 1.165) is 19.3 Å². The molecule has 0 saturated heterocycles. The summed E-state index contributed by atoms with van der Waals surface area (Å²) in [6.07, 6.45) is 3.98. The Hall–Kier alpha value is -1.82. The van der Waals surface area contributed by atoms with Gasteiger partial charge < -0.3 is 4.42 Å². The summed E-state index contributed by atoms with van der Waals surface area (Å²) in [6, 6.07) is 7.58. The zero-order valence-corrected chi connectivity index (χ0v) is 12.1. The van der Waals surface area contributed by atoms with Crippen molar-refractivity contribution < 1.29 is 17.2 Å². The van der Waals surface area contributed by atoms with Crippen molar-refractivity contribution in [2.24, 2.45) is 0 Å². The van der Waals surface area contributed by atoms with E-state index in [1.54, 1.807) is 12.1 Å². The highest BCUT2D eigenvalue weighted by molar-refractivity contribution is 7.92. The van der Waals surface area contributed by atoms with E-state index < -0.39 is 10.0 Å². The largest absolute Gasteiger partial charge is 0.451 e. The molecule has 4 nitrogen and oxygen atoms in total. The fourth-order valence-corrected chi connectivity index (χ4v) is 4.90. The second-order valence-corrected chi connectivity index (χ2v) is 7.50. The van der Waals surface area contributed by atoms with Crippen LogP contribution in [0.5, 0.6) is 0 Å². The SMILES string of the molecule is O=S(=O)(c1ccco1)N1CC2(CCC2)c2c(F)cccc21. The molecule has 0 bridgehead atoms. The number of hydrogen-bond donors (Lipinski definition) is 0. The zero-order valence-electron chi connectivity index (χ0n) is 11.3. The molecule has 0 radical (unpaired) electrons. The predicted molar refractivity (Wildman–Crippen MR) is 75.2 cm³/mol. The van der Waals surface area contributed by atoms with Gasteiger partial charge in [-0.2, -0.15) is 8.42 Å². The van der Waals surface area contributed by atoms with E-state index in [-0.39, 0.29) is 16.3 Å². The van der Waals surface area contributed by atoms with Gasteiger partial charge in [0.25, 0.3) is 10.0 Å². The number of hydrogen-bond acceptors (Lipinski definition) is 3. The van der Waals surface area contributed by atoms with Gasteiger partial charge in [0.2, 0.25) is 5.09 Å². The normalized spacial score (nSPS) is 19.6. The second kappa shape index (κ2) is 4.10. The molecule has 2 aliphatic rings. The molecule has 1 aliphatic heterocycles. The Morgan fingerprint density at radius 2 is 2.00 bits per heavy atom. The van der Waals surface area contributed by atoms with Crippen LogP contribution in [0.4, 0.5) is 10.1 Å². The van der Waals surface area contributed by atoms with E-state index in [0.29, 0.717) is 17.8 Å². The van der Waals surface area contributed by atoms with E-state index in [9.17, 15) is 12.8 Å². The smallest absolute Gasteiger partial charge is 0.297 e. The lowest BCUT2D eigenvalue weighted by Gasteiger charge is -2.38. The van der Waals surface area contributed by atoms with Crippen LogP contribution >= 0.6 is 0 Å². The quantitative estimate of drug-likeness (QED) is 0.857. The van der Waals surface area contributed by atoms with E-state index in [4.69, 9.17) is 4.42 Å². The van der Waals surface area contributed by atoms with Crippen LogP contribution in [0.3, 0.4) is 0 Å². The van der Waals surface area contributed by atoms with Gasteiger partial charge in [0.1, 0.15) is 5.82 Å². The predicted octanol–water partition coefficient (Wildman–Crippen LogP) is 3.05. The van der Waals surface area contributed by atoms with E-state index in [1.165, 1.54) is 28.8 Å². The minimum Gasteiger partial charge on any atom is -0.451 e. The minimum atomic E-state index is -3.77. The number of benzene rings is 1. The van der Waals surface area contributed by atoms with Gasteiger partial charge >= 0.3 is 0 Å². The molecule has 110 valence electrons. The summed E-state index contributed by atoms with van der Waals surface area (Å²) in [5.41, 5.74) is 0.637. The van der Waals surface area contributed by atoms with Crippen molar-refractivity contribution in [3.05, 3.63) is 48.0 Å². The van der Waals surface area contributed by atoms with Crippen molar-refractivity contribution in [2.75, 3.05) is 10.8 Å². The molecule has 0 amide bonds. The number of furan rings is 1. The molecule has 0 unspecified atom stereocenters. The van der Waals surface area contributed by atoms with Crippen LogP contribution in [0.25, 0.3) is 0 Å². The maximum Gasteiger partial charge on any atom is 0.297 e. The van der Waals surface area contributed by atoms with Crippen LogP contribution in [-0.2, 0) is 15.4 Å². The Kier molecular flexibility index (Phi) is 2.52. The van der Waals surface area contributed by atoms with Gasteiger partial charge in [0, 0.05) is 17.5 Å². The van der Waals surface area contributed by atoms with Crippen molar-refractivity contribution >= 4 is 15.7 Å². The molecule has 1 aromatic heterocycles. The van der Waals surface area contributed by atoms with Crippen molar-refractivity contribution in [1.82, 2.24) is 0 Å². The Morgan fingerprint density at radius 3 is 2.62 bits per heavy atom. The lowest BCUT2D eigenvalue weighted by Crippen LogP contribution is -2.41. The van der Waals surface area contributed by atoms with E-state index in [2.05, 4.69) is 0 Å². The molecule has 2 aromatic rings. The Morgan fingerprint density at radius 1 is 1.19 bits per heavy atom. The van der Waals surface area contributed by atoms with Gasteiger partial charge in [-0.15, -0.1) is 0 Å². The number of anilines is 1. The molecule has 1 saturated carbocycles. The first-order chi connectivity index (χ1) is 10.0. The summed E-state index contributed by atoms with van der Waals surface area (Å²) in [7, 11) is -3.77. The van der Waals surface area contributed by atoms with Gasteiger partial charge in [-0.1, -0.05) is 12.5 Å².